The SMILES string of the molecule is CCCc1nc(C)c2c(=S)nc(-c3cc(S(=O)(=O)N4C[C@@H](C)[N+](C)(C)[C@@H](C)C4)ccc3OCC)[nH]n12.[I-]. The van der Waals surface area contributed by atoms with Crippen molar-refractivity contribution < 1.29 is 41.6 Å². The van der Waals surface area contributed by atoms with Crippen LogP contribution in [-0.2, 0) is 16.4 Å². The van der Waals surface area contributed by atoms with E-state index in [0.717, 1.165) is 34.4 Å². The van der Waals surface area contributed by atoms with Crippen LogP contribution in [0.4, 0.5) is 0 Å². The zero-order valence-corrected chi connectivity index (χ0v) is 26.4. The molecule has 0 saturated carbocycles. The molecule has 1 aliphatic rings. The molecular formula is C25H37IN6O3S2. The fourth-order valence-electron chi connectivity index (χ4n) is 4.76. The summed E-state index contributed by atoms with van der Waals surface area (Å²) in [7, 11) is 0.587. The summed E-state index contributed by atoms with van der Waals surface area (Å²) in [6.45, 7) is 11.5. The molecule has 1 N–H and O–H groups in total. The molecule has 1 saturated heterocycles. The van der Waals surface area contributed by atoms with Gasteiger partial charge >= 0.3 is 0 Å². The number of halogens is 1. The van der Waals surface area contributed by atoms with E-state index in [1.807, 2.05) is 18.4 Å². The molecule has 4 rings (SSSR count). The van der Waals surface area contributed by atoms with Gasteiger partial charge in [-0.15, -0.1) is 0 Å². The average molecular weight is 661 g/mol. The summed E-state index contributed by atoms with van der Waals surface area (Å²) in [4.78, 5) is 9.51. The van der Waals surface area contributed by atoms with E-state index in [1.54, 1.807) is 22.5 Å². The molecule has 0 spiro atoms. The highest BCUT2D eigenvalue weighted by Crippen LogP contribution is 2.33. The predicted octanol–water partition coefficient (Wildman–Crippen LogP) is 0.975. The topological polar surface area (TPSA) is 92.6 Å². The number of nitrogens with zero attached hydrogens (tertiary/aromatic N) is 5. The van der Waals surface area contributed by atoms with Crippen LogP contribution in [0.25, 0.3) is 16.9 Å². The van der Waals surface area contributed by atoms with Crippen LogP contribution >= 0.6 is 12.2 Å². The molecule has 1 aromatic carbocycles. The number of nitrogens with one attached hydrogen (secondary N) is 1. The maximum atomic E-state index is 13.8. The van der Waals surface area contributed by atoms with E-state index in [0.29, 0.717) is 41.5 Å². The lowest BCUT2D eigenvalue weighted by atomic mass is 10.1. The van der Waals surface area contributed by atoms with Gasteiger partial charge in [0.05, 0.1) is 62.0 Å². The highest BCUT2D eigenvalue weighted by molar-refractivity contribution is 7.89. The number of hydrogen-bond acceptors (Lipinski definition) is 6. The molecule has 0 radical (unpaired) electrons. The fraction of sp³-hybridized carbons (Fsp3) is 0.560. The Hall–Kier alpha value is -1.61. The maximum Gasteiger partial charge on any atom is 0.243 e. The Morgan fingerprint density at radius 2 is 1.81 bits per heavy atom. The van der Waals surface area contributed by atoms with E-state index in [4.69, 9.17) is 17.0 Å². The minimum absolute atomic E-state index is 0. The molecule has 9 nitrogen and oxygen atoms in total. The average Bonchev–Trinajstić information content (AvgIpc) is 3.13. The number of quaternary nitrogens is 1. The Labute approximate surface area is 241 Å². The predicted molar refractivity (Wildman–Crippen MR) is 143 cm³/mol. The van der Waals surface area contributed by atoms with Crippen LogP contribution in [0.1, 0.15) is 45.6 Å². The minimum Gasteiger partial charge on any atom is -1.00 e. The van der Waals surface area contributed by atoms with Gasteiger partial charge in [0.2, 0.25) is 10.0 Å². The van der Waals surface area contributed by atoms with E-state index in [9.17, 15) is 8.42 Å². The van der Waals surface area contributed by atoms with Gasteiger partial charge in [-0.25, -0.2) is 22.9 Å². The first kappa shape index (κ1) is 29.9. The number of fused-ring (bicyclic) bond motifs is 1. The lowest BCUT2D eigenvalue weighted by Crippen LogP contribution is -3.00. The number of rotatable bonds is 7. The normalized spacial score (nSPS) is 20.1. The van der Waals surface area contributed by atoms with E-state index >= 15 is 0 Å². The Morgan fingerprint density at radius 1 is 1.16 bits per heavy atom. The number of benzene rings is 1. The molecule has 1 aliphatic heterocycles. The molecule has 204 valence electrons. The molecule has 2 aromatic heterocycles. The Morgan fingerprint density at radius 3 is 2.41 bits per heavy atom. The third-order valence-corrected chi connectivity index (χ3v) is 9.69. The van der Waals surface area contributed by atoms with Gasteiger partial charge in [-0.2, -0.15) is 4.31 Å². The number of aryl methyl sites for hydroxylation is 2. The van der Waals surface area contributed by atoms with Gasteiger partial charge in [-0.1, -0.05) is 19.1 Å². The van der Waals surface area contributed by atoms with Crippen molar-refractivity contribution in [3.63, 3.8) is 0 Å². The number of imidazole rings is 1. The van der Waals surface area contributed by atoms with Crippen molar-refractivity contribution in [2.75, 3.05) is 33.8 Å². The first-order chi connectivity index (χ1) is 16.9. The van der Waals surface area contributed by atoms with Gasteiger partial charge in [0, 0.05) is 6.42 Å². The van der Waals surface area contributed by atoms with Crippen LogP contribution < -0.4 is 28.7 Å². The Kier molecular flexibility index (Phi) is 9.10. The van der Waals surface area contributed by atoms with E-state index < -0.39 is 10.0 Å². The van der Waals surface area contributed by atoms with E-state index in [1.165, 1.54) is 0 Å². The molecule has 1 fully saturated rings. The second kappa shape index (κ2) is 11.2. The van der Waals surface area contributed by atoms with Crippen molar-refractivity contribution in [2.24, 2.45) is 0 Å². The van der Waals surface area contributed by atoms with Gasteiger partial charge in [-0.3, -0.25) is 5.10 Å². The molecule has 2 atom stereocenters. The smallest absolute Gasteiger partial charge is 0.243 e. The molecule has 0 unspecified atom stereocenters. The number of H-pyrrole nitrogens is 1. The molecule has 12 heteroatoms. The van der Waals surface area contributed by atoms with Gasteiger partial charge < -0.3 is 33.2 Å². The molecule has 0 bridgehead atoms. The Bertz CT molecular complexity index is 1440. The first-order valence-electron chi connectivity index (χ1n) is 12.5. The van der Waals surface area contributed by atoms with Crippen LogP contribution in [0.2, 0.25) is 0 Å². The molecule has 37 heavy (non-hydrogen) atoms. The summed E-state index contributed by atoms with van der Waals surface area (Å²) in [6.07, 6.45) is 1.70. The summed E-state index contributed by atoms with van der Waals surface area (Å²) in [5.41, 5.74) is 2.12. The van der Waals surface area contributed by atoms with Crippen LogP contribution in [-0.4, -0.2) is 82.7 Å². The quantitative estimate of drug-likeness (QED) is 0.231. The largest absolute Gasteiger partial charge is 1.00 e. The highest BCUT2D eigenvalue weighted by atomic mass is 127. The second-order valence-corrected chi connectivity index (χ2v) is 12.5. The molecule has 0 aliphatic carbocycles. The number of ether oxygens (including phenoxy) is 1. The van der Waals surface area contributed by atoms with Gasteiger partial charge in [0.25, 0.3) is 0 Å². The van der Waals surface area contributed by atoms with Gasteiger partial charge in [-0.05, 0) is 52.3 Å². The van der Waals surface area contributed by atoms with Crippen LogP contribution in [0.15, 0.2) is 23.1 Å². The van der Waals surface area contributed by atoms with Crippen molar-refractivity contribution in [2.45, 2.75) is 64.4 Å². The first-order valence-corrected chi connectivity index (χ1v) is 14.4. The highest BCUT2D eigenvalue weighted by Gasteiger charge is 2.42. The second-order valence-electron chi connectivity index (χ2n) is 10.2. The number of sulfonamides is 1. The molecule has 3 aromatic rings. The maximum absolute atomic E-state index is 13.8. The summed E-state index contributed by atoms with van der Waals surface area (Å²) >= 11 is 5.63. The van der Waals surface area contributed by atoms with Crippen LogP contribution in [0, 0.1) is 11.6 Å². The third kappa shape index (κ3) is 5.45. The van der Waals surface area contributed by atoms with E-state index in [-0.39, 0.29) is 41.0 Å². The molecule has 3 heterocycles. The number of aromatic amines is 1. The van der Waals surface area contributed by atoms with Crippen LogP contribution in [0.3, 0.4) is 0 Å². The number of likely N-dealkylation sites (N-methyl/N-ethyl adjacent to an activating group) is 1. The van der Waals surface area contributed by atoms with Crippen molar-refractivity contribution >= 4 is 27.8 Å². The monoisotopic (exact) mass is 660 g/mol. The van der Waals surface area contributed by atoms with Crippen molar-refractivity contribution in [3.05, 3.63) is 34.4 Å². The molecular weight excluding hydrogens is 623 g/mol. The standard InChI is InChI=1S/C25H36N6O3S2.HI/c1-8-10-22-26-18(5)23-25(35)27-24(28-30(22)23)20-13-19(11-12-21(20)34-9-2)36(32,33)29-14-16(3)31(6,7)17(4)15-29;/h11-13,16-17H,8-10,14-15H2,1-7H3;1H/t16-,17+;. The number of aromatic nitrogens is 4. The minimum atomic E-state index is -3.72. The fourth-order valence-corrected chi connectivity index (χ4v) is 6.72. The Balaban J connectivity index is 0.00000380. The molecule has 0 amide bonds. The van der Waals surface area contributed by atoms with Gasteiger partial charge in [0.1, 0.15) is 17.1 Å². The summed E-state index contributed by atoms with van der Waals surface area (Å²) < 4.78 is 38.1. The lowest BCUT2D eigenvalue weighted by Gasteiger charge is -2.48. The van der Waals surface area contributed by atoms with Crippen LogP contribution in [0.5, 0.6) is 5.75 Å². The summed E-state index contributed by atoms with van der Waals surface area (Å²) in [6, 6.07) is 5.31. The van der Waals surface area contributed by atoms with Crippen molar-refractivity contribution in [1.29, 1.82) is 0 Å². The zero-order chi connectivity index (χ0) is 26.4. The lowest BCUT2D eigenvalue weighted by molar-refractivity contribution is -0.938. The van der Waals surface area contributed by atoms with E-state index in [2.05, 4.69) is 49.9 Å². The summed E-state index contributed by atoms with van der Waals surface area (Å²) in [5, 5.41) is 3.33. The van der Waals surface area contributed by atoms with Crippen molar-refractivity contribution in [3.8, 4) is 17.1 Å². The summed E-state index contributed by atoms with van der Waals surface area (Å²) in [5.74, 6) is 1.85. The zero-order valence-electron chi connectivity index (χ0n) is 22.6. The van der Waals surface area contributed by atoms with Crippen molar-refractivity contribution in [1.82, 2.24) is 23.9 Å². The van der Waals surface area contributed by atoms with Gasteiger partial charge in [0.15, 0.2) is 10.5 Å². The number of hydrogen-bond donors (Lipinski definition) is 1. The third-order valence-electron chi connectivity index (χ3n) is 7.58. The number of piperazine rings is 1.